The summed E-state index contributed by atoms with van der Waals surface area (Å²) in [5, 5.41) is 1.37. The molecule has 1 aliphatic carbocycles. The summed E-state index contributed by atoms with van der Waals surface area (Å²) in [5.74, 6) is 3.03. The van der Waals surface area contributed by atoms with Crippen LogP contribution in [0.5, 0.6) is 0 Å². The quantitative estimate of drug-likeness (QED) is 0.625. The van der Waals surface area contributed by atoms with Crippen molar-refractivity contribution >= 4 is 33.2 Å². The van der Waals surface area contributed by atoms with Crippen molar-refractivity contribution < 1.29 is 0 Å². The number of aryl methyl sites for hydroxylation is 2. The highest BCUT2D eigenvalue weighted by molar-refractivity contribution is 7.19. The molecule has 31 heavy (non-hydrogen) atoms. The lowest BCUT2D eigenvalue weighted by molar-refractivity contribution is 0.205. The Morgan fingerprint density at radius 3 is 2.74 bits per heavy atom. The van der Waals surface area contributed by atoms with E-state index in [0.29, 0.717) is 5.92 Å². The molecule has 3 aliphatic rings. The SMILES string of the molecule is c1ccc(N2CCN(CC3CCCN(c4ncnc5sc6c(c45)CCC6)C3)CC2)nc1. The van der Waals surface area contributed by atoms with Gasteiger partial charge in [0.1, 0.15) is 22.8 Å². The number of nitrogens with zero attached hydrogens (tertiary/aromatic N) is 6. The average molecular weight is 435 g/mol. The highest BCUT2D eigenvalue weighted by Gasteiger charge is 2.28. The van der Waals surface area contributed by atoms with Gasteiger partial charge in [-0.25, -0.2) is 15.0 Å². The van der Waals surface area contributed by atoms with E-state index in [9.17, 15) is 0 Å². The van der Waals surface area contributed by atoms with Crippen LogP contribution in [0.2, 0.25) is 0 Å². The maximum absolute atomic E-state index is 4.80. The monoisotopic (exact) mass is 434 g/mol. The van der Waals surface area contributed by atoms with E-state index in [2.05, 4.69) is 36.8 Å². The molecule has 0 saturated carbocycles. The standard InChI is InChI=1S/C24H30N6S/c1-2-9-25-21(8-1)29-13-11-28(12-14-29)15-18-5-4-10-30(16-18)23-22-19-6-3-7-20(19)31-24(22)27-17-26-23/h1-2,8-9,17-18H,3-7,10-16H2. The molecule has 1 unspecified atom stereocenters. The number of rotatable bonds is 4. The van der Waals surface area contributed by atoms with E-state index in [-0.39, 0.29) is 0 Å². The van der Waals surface area contributed by atoms with Crippen molar-refractivity contribution in [1.29, 1.82) is 0 Å². The van der Waals surface area contributed by atoms with Crippen molar-refractivity contribution in [2.75, 3.05) is 55.6 Å². The molecule has 1 atom stereocenters. The Labute approximate surface area is 187 Å². The molecule has 2 aliphatic heterocycles. The molecule has 162 valence electrons. The number of thiophene rings is 1. The molecule has 2 fully saturated rings. The Morgan fingerprint density at radius 2 is 1.87 bits per heavy atom. The van der Waals surface area contributed by atoms with Gasteiger partial charge in [0.05, 0.1) is 5.39 Å². The molecule has 3 aromatic rings. The Kier molecular flexibility index (Phi) is 5.24. The van der Waals surface area contributed by atoms with E-state index in [0.717, 1.165) is 45.1 Å². The van der Waals surface area contributed by atoms with Crippen LogP contribution in [0.1, 0.15) is 29.7 Å². The molecule has 0 N–H and O–H groups in total. The first-order valence-electron chi connectivity index (χ1n) is 11.7. The first-order valence-corrected chi connectivity index (χ1v) is 12.6. The van der Waals surface area contributed by atoms with Gasteiger partial charge in [0, 0.05) is 56.9 Å². The molecule has 3 aromatic heterocycles. The highest BCUT2D eigenvalue weighted by Crippen LogP contribution is 2.40. The maximum Gasteiger partial charge on any atom is 0.141 e. The van der Waals surface area contributed by atoms with Crippen LogP contribution < -0.4 is 9.80 Å². The van der Waals surface area contributed by atoms with Crippen molar-refractivity contribution in [1.82, 2.24) is 19.9 Å². The molecule has 0 radical (unpaired) electrons. The molecule has 5 heterocycles. The van der Waals surface area contributed by atoms with Gasteiger partial charge in [-0.15, -0.1) is 11.3 Å². The van der Waals surface area contributed by atoms with Gasteiger partial charge in [-0.3, -0.25) is 4.90 Å². The third kappa shape index (κ3) is 3.78. The summed E-state index contributed by atoms with van der Waals surface area (Å²) in [6.07, 6.45) is 9.98. The van der Waals surface area contributed by atoms with E-state index in [4.69, 9.17) is 4.98 Å². The summed E-state index contributed by atoms with van der Waals surface area (Å²) in [5.41, 5.74) is 1.54. The molecule has 0 bridgehead atoms. The second-order valence-electron chi connectivity index (χ2n) is 9.16. The third-order valence-corrected chi connectivity index (χ3v) is 8.36. The minimum atomic E-state index is 0.715. The Bertz CT molecular complexity index is 1040. The number of pyridine rings is 1. The minimum Gasteiger partial charge on any atom is -0.356 e. The predicted molar refractivity (Wildman–Crippen MR) is 127 cm³/mol. The normalized spacial score (nSPS) is 22.3. The van der Waals surface area contributed by atoms with E-state index in [1.54, 1.807) is 16.8 Å². The van der Waals surface area contributed by atoms with E-state index in [1.165, 1.54) is 54.7 Å². The lowest BCUT2D eigenvalue weighted by Gasteiger charge is -2.40. The molecule has 6 rings (SSSR count). The number of aromatic nitrogens is 3. The smallest absolute Gasteiger partial charge is 0.141 e. The van der Waals surface area contributed by atoms with Gasteiger partial charge >= 0.3 is 0 Å². The average Bonchev–Trinajstić information content (AvgIpc) is 3.42. The van der Waals surface area contributed by atoms with Gasteiger partial charge in [-0.2, -0.15) is 0 Å². The topological polar surface area (TPSA) is 48.4 Å². The first-order chi connectivity index (χ1) is 15.3. The van der Waals surface area contributed by atoms with Crippen LogP contribution in [0.4, 0.5) is 11.6 Å². The zero-order chi connectivity index (χ0) is 20.6. The van der Waals surface area contributed by atoms with E-state index >= 15 is 0 Å². The van der Waals surface area contributed by atoms with Crippen LogP contribution in [0.25, 0.3) is 10.2 Å². The number of piperidine rings is 1. The molecule has 0 amide bonds. The second kappa shape index (κ2) is 8.36. The van der Waals surface area contributed by atoms with Gasteiger partial charge < -0.3 is 9.80 Å². The first kappa shape index (κ1) is 19.4. The summed E-state index contributed by atoms with van der Waals surface area (Å²) in [7, 11) is 0. The van der Waals surface area contributed by atoms with Crippen molar-refractivity contribution in [2.45, 2.75) is 32.1 Å². The summed E-state index contributed by atoms with van der Waals surface area (Å²) in [4.78, 5) is 24.3. The number of hydrogen-bond acceptors (Lipinski definition) is 7. The zero-order valence-electron chi connectivity index (χ0n) is 18.0. The summed E-state index contributed by atoms with van der Waals surface area (Å²) in [6, 6.07) is 6.20. The molecule has 7 heteroatoms. The Balaban J connectivity index is 1.12. The Morgan fingerprint density at radius 1 is 0.935 bits per heavy atom. The second-order valence-corrected chi connectivity index (χ2v) is 10.2. The number of fused-ring (bicyclic) bond motifs is 3. The fraction of sp³-hybridized carbons (Fsp3) is 0.542. The fourth-order valence-electron chi connectivity index (χ4n) is 5.62. The van der Waals surface area contributed by atoms with Gasteiger partial charge in [0.15, 0.2) is 0 Å². The molecule has 6 nitrogen and oxygen atoms in total. The molecular formula is C24H30N6S. The molecular weight excluding hydrogens is 404 g/mol. The number of hydrogen-bond donors (Lipinski definition) is 0. The fourth-order valence-corrected chi connectivity index (χ4v) is 6.85. The lowest BCUT2D eigenvalue weighted by Crippen LogP contribution is -2.50. The third-order valence-electron chi connectivity index (χ3n) is 7.16. The Hall–Kier alpha value is -2.25. The van der Waals surface area contributed by atoms with Crippen LogP contribution in [-0.2, 0) is 12.8 Å². The van der Waals surface area contributed by atoms with Crippen molar-refractivity contribution in [3.8, 4) is 0 Å². The van der Waals surface area contributed by atoms with Crippen LogP contribution in [-0.4, -0.2) is 65.7 Å². The van der Waals surface area contributed by atoms with Crippen LogP contribution in [0.15, 0.2) is 30.7 Å². The molecule has 2 saturated heterocycles. The summed E-state index contributed by atoms with van der Waals surface area (Å²) >= 11 is 1.90. The lowest BCUT2D eigenvalue weighted by atomic mass is 9.96. The van der Waals surface area contributed by atoms with E-state index in [1.807, 2.05) is 23.6 Å². The van der Waals surface area contributed by atoms with Crippen LogP contribution >= 0.6 is 11.3 Å². The van der Waals surface area contributed by atoms with Crippen molar-refractivity contribution in [3.63, 3.8) is 0 Å². The minimum absolute atomic E-state index is 0.715. The van der Waals surface area contributed by atoms with Gasteiger partial charge in [0.25, 0.3) is 0 Å². The predicted octanol–water partition coefficient (Wildman–Crippen LogP) is 3.61. The largest absolute Gasteiger partial charge is 0.356 e. The maximum atomic E-state index is 4.80. The highest BCUT2D eigenvalue weighted by atomic mass is 32.1. The number of anilines is 2. The van der Waals surface area contributed by atoms with Crippen LogP contribution in [0.3, 0.4) is 0 Å². The summed E-state index contributed by atoms with van der Waals surface area (Å²) < 4.78 is 0. The zero-order valence-corrected chi connectivity index (χ0v) is 18.9. The van der Waals surface area contributed by atoms with E-state index < -0.39 is 0 Å². The van der Waals surface area contributed by atoms with Gasteiger partial charge in [-0.1, -0.05) is 6.07 Å². The number of piperazine rings is 1. The summed E-state index contributed by atoms with van der Waals surface area (Å²) in [6.45, 7) is 7.84. The van der Waals surface area contributed by atoms with Crippen molar-refractivity contribution in [2.24, 2.45) is 5.92 Å². The molecule has 0 spiro atoms. The van der Waals surface area contributed by atoms with Crippen molar-refractivity contribution in [3.05, 3.63) is 41.2 Å². The van der Waals surface area contributed by atoms with Gasteiger partial charge in [-0.05, 0) is 55.7 Å². The van der Waals surface area contributed by atoms with Crippen LogP contribution in [0, 0.1) is 5.92 Å². The van der Waals surface area contributed by atoms with Gasteiger partial charge in [0.2, 0.25) is 0 Å². The molecule has 0 aromatic carbocycles.